The lowest BCUT2D eigenvalue weighted by atomic mass is 9.85. The largest absolute Gasteiger partial charge is 0.481 e. The van der Waals surface area contributed by atoms with Gasteiger partial charge in [0.2, 0.25) is 0 Å². The van der Waals surface area contributed by atoms with Crippen molar-refractivity contribution in [3.8, 4) is 0 Å². The highest BCUT2D eigenvalue weighted by atomic mass is 16.4. The molecule has 0 unspecified atom stereocenters. The van der Waals surface area contributed by atoms with Gasteiger partial charge in [0.05, 0.1) is 10.9 Å². The fraction of sp³-hybridized carbons (Fsp3) is 0.438. The van der Waals surface area contributed by atoms with Crippen molar-refractivity contribution < 1.29 is 9.90 Å². The van der Waals surface area contributed by atoms with E-state index in [-0.39, 0.29) is 0 Å². The van der Waals surface area contributed by atoms with Gasteiger partial charge >= 0.3 is 5.97 Å². The number of aliphatic carboxylic acids is 1. The van der Waals surface area contributed by atoms with Gasteiger partial charge in [-0.15, -0.1) is 0 Å². The van der Waals surface area contributed by atoms with E-state index in [1.54, 1.807) is 13.8 Å². The number of hydrogen-bond acceptors (Lipinski definition) is 1. The van der Waals surface area contributed by atoms with Gasteiger partial charge in [0, 0.05) is 18.1 Å². The minimum absolute atomic E-state index is 0.545. The average molecular weight is 259 g/mol. The fourth-order valence-corrected chi connectivity index (χ4v) is 2.56. The number of hydrogen-bond donors (Lipinski definition) is 1. The second kappa shape index (κ2) is 4.72. The Morgan fingerprint density at radius 3 is 2.63 bits per heavy atom. The molecular formula is C16H21NO2. The van der Waals surface area contributed by atoms with Crippen LogP contribution < -0.4 is 0 Å². The zero-order valence-corrected chi connectivity index (χ0v) is 12.0. The Labute approximate surface area is 113 Å². The summed E-state index contributed by atoms with van der Waals surface area (Å²) in [6.07, 6.45) is 2.69. The smallest absolute Gasteiger partial charge is 0.309 e. The van der Waals surface area contributed by atoms with Gasteiger partial charge in [-0.25, -0.2) is 0 Å². The first-order chi connectivity index (χ1) is 8.86. The molecule has 0 aliphatic rings. The van der Waals surface area contributed by atoms with Crippen molar-refractivity contribution in [3.63, 3.8) is 0 Å². The van der Waals surface area contributed by atoms with Gasteiger partial charge in [-0.2, -0.15) is 0 Å². The average Bonchev–Trinajstić information content (AvgIpc) is 2.67. The predicted molar refractivity (Wildman–Crippen MR) is 77.5 cm³/mol. The molecule has 0 amide bonds. The number of aromatic nitrogens is 1. The molecule has 0 atom stereocenters. The lowest BCUT2D eigenvalue weighted by molar-refractivity contribution is -0.146. The minimum atomic E-state index is -0.754. The number of rotatable bonds is 4. The third kappa shape index (κ3) is 2.37. The maximum atomic E-state index is 11.3. The molecule has 0 aliphatic heterocycles. The maximum absolute atomic E-state index is 11.3. The van der Waals surface area contributed by atoms with Crippen LogP contribution >= 0.6 is 0 Å². The molecule has 0 aliphatic carbocycles. The molecule has 19 heavy (non-hydrogen) atoms. The van der Waals surface area contributed by atoms with Crippen LogP contribution in [0.15, 0.2) is 24.4 Å². The number of aryl methyl sites for hydroxylation is 2. The van der Waals surface area contributed by atoms with Crippen LogP contribution in [-0.2, 0) is 17.8 Å². The third-order valence-corrected chi connectivity index (χ3v) is 3.73. The summed E-state index contributed by atoms with van der Waals surface area (Å²) in [5, 5.41) is 10.5. The van der Waals surface area contributed by atoms with Crippen LogP contribution in [0.3, 0.4) is 0 Å². The Hall–Kier alpha value is -1.77. The summed E-state index contributed by atoms with van der Waals surface area (Å²) >= 11 is 0. The molecule has 0 spiro atoms. The molecule has 0 saturated carbocycles. The predicted octanol–water partition coefficient (Wildman–Crippen LogP) is 3.62. The Kier molecular flexibility index (Phi) is 3.40. The summed E-state index contributed by atoms with van der Waals surface area (Å²) in [5.41, 5.74) is 2.79. The molecule has 0 fully saturated rings. The molecule has 3 heteroatoms. The standard InChI is InChI=1S/C16H21NO2/c1-5-17-10-11(2)13-8-6-7-12(14(13)17)9-16(3,4)15(18)19/h6-8,10H,5,9H2,1-4H3,(H,18,19). The van der Waals surface area contributed by atoms with E-state index in [0.29, 0.717) is 6.42 Å². The normalized spacial score (nSPS) is 12.0. The van der Waals surface area contributed by atoms with Crippen molar-refractivity contribution in [2.24, 2.45) is 5.41 Å². The molecule has 0 radical (unpaired) electrons. The van der Waals surface area contributed by atoms with Gasteiger partial charge in [0.15, 0.2) is 0 Å². The lowest BCUT2D eigenvalue weighted by Crippen LogP contribution is -2.26. The first-order valence-corrected chi connectivity index (χ1v) is 6.67. The first-order valence-electron chi connectivity index (χ1n) is 6.67. The number of carboxylic acid groups (broad SMARTS) is 1. The van der Waals surface area contributed by atoms with Crippen LogP contribution in [0.1, 0.15) is 31.9 Å². The maximum Gasteiger partial charge on any atom is 0.309 e. The molecule has 0 saturated heterocycles. The van der Waals surface area contributed by atoms with Gasteiger partial charge in [0.1, 0.15) is 0 Å². The van der Waals surface area contributed by atoms with E-state index in [4.69, 9.17) is 0 Å². The highest BCUT2D eigenvalue weighted by molar-refractivity contribution is 5.87. The van der Waals surface area contributed by atoms with Gasteiger partial charge in [-0.3, -0.25) is 4.79 Å². The van der Waals surface area contributed by atoms with Gasteiger partial charge in [0.25, 0.3) is 0 Å². The van der Waals surface area contributed by atoms with Crippen molar-refractivity contribution in [1.82, 2.24) is 4.57 Å². The van der Waals surface area contributed by atoms with Crippen molar-refractivity contribution in [2.45, 2.75) is 40.7 Å². The molecule has 2 aromatic rings. The quantitative estimate of drug-likeness (QED) is 0.911. The molecule has 1 aromatic carbocycles. The zero-order valence-electron chi connectivity index (χ0n) is 12.0. The SMILES string of the molecule is CCn1cc(C)c2cccc(CC(C)(C)C(=O)O)c21. The minimum Gasteiger partial charge on any atom is -0.481 e. The van der Waals surface area contributed by atoms with Gasteiger partial charge in [-0.05, 0) is 45.2 Å². The molecule has 0 bridgehead atoms. The number of para-hydroxylation sites is 1. The van der Waals surface area contributed by atoms with Crippen molar-refractivity contribution >= 4 is 16.9 Å². The van der Waals surface area contributed by atoms with Crippen LogP contribution in [0.25, 0.3) is 10.9 Å². The van der Waals surface area contributed by atoms with Crippen LogP contribution in [0.2, 0.25) is 0 Å². The van der Waals surface area contributed by atoms with Crippen molar-refractivity contribution in [1.29, 1.82) is 0 Å². The first kappa shape index (κ1) is 13.7. The molecule has 1 N–H and O–H groups in total. The van der Waals surface area contributed by atoms with Gasteiger partial charge in [-0.1, -0.05) is 18.2 Å². The monoisotopic (exact) mass is 259 g/mol. The highest BCUT2D eigenvalue weighted by Crippen LogP contribution is 2.30. The van der Waals surface area contributed by atoms with Crippen molar-refractivity contribution in [3.05, 3.63) is 35.5 Å². The Bertz CT molecular complexity index is 623. The highest BCUT2D eigenvalue weighted by Gasteiger charge is 2.28. The van der Waals surface area contributed by atoms with Crippen molar-refractivity contribution in [2.75, 3.05) is 0 Å². The van der Waals surface area contributed by atoms with Crippen LogP contribution in [0.4, 0.5) is 0 Å². The summed E-state index contributed by atoms with van der Waals surface area (Å²) in [6.45, 7) is 8.66. The van der Waals surface area contributed by atoms with E-state index in [9.17, 15) is 9.90 Å². The summed E-state index contributed by atoms with van der Waals surface area (Å²) < 4.78 is 2.21. The zero-order chi connectivity index (χ0) is 14.2. The van der Waals surface area contributed by atoms with E-state index < -0.39 is 11.4 Å². The van der Waals surface area contributed by atoms with Crippen LogP contribution in [0, 0.1) is 12.3 Å². The second-order valence-electron chi connectivity index (χ2n) is 5.78. The third-order valence-electron chi connectivity index (χ3n) is 3.73. The Balaban J connectivity index is 2.58. The molecule has 1 aromatic heterocycles. The number of benzene rings is 1. The molecule has 3 nitrogen and oxygen atoms in total. The summed E-state index contributed by atoms with van der Waals surface area (Å²) in [5.74, 6) is -0.754. The summed E-state index contributed by atoms with van der Waals surface area (Å²) in [6, 6.07) is 6.16. The Morgan fingerprint density at radius 2 is 2.05 bits per heavy atom. The number of carboxylic acids is 1. The molecular weight excluding hydrogens is 238 g/mol. The topological polar surface area (TPSA) is 42.2 Å². The van der Waals surface area contributed by atoms with Gasteiger partial charge < -0.3 is 9.67 Å². The van der Waals surface area contributed by atoms with Crippen LogP contribution in [-0.4, -0.2) is 15.6 Å². The summed E-state index contributed by atoms with van der Waals surface area (Å²) in [4.78, 5) is 11.3. The van der Waals surface area contributed by atoms with E-state index in [1.807, 2.05) is 12.1 Å². The van der Waals surface area contributed by atoms with E-state index in [0.717, 1.165) is 12.1 Å². The number of fused-ring (bicyclic) bond motifs is 1. The fourth-order valence-electron chi connectivity index (χ4n) is 2.56. The second-order valence-corrected chi connectivity index (χ2v) is 5.78. The Morgan fingerprint density at radius 1 is 1.37 bits per heavy atom. The van der Waals surface area contributed by atoms with E-state index in [2.05, 4.69) is 30.7 Å². The summed E-state index contributed by atoms with van der Waals surface area (Å²) in [7, 11) is 0. The van der Waals surface area contributed by atoms with E-state index >= 15 is 0 Å². The van der Waals surface area contributed by atoms with E-state index in [1.165, 1.54) is 16.5 Å². The number of carbonyl (C=O) groups is 1. The number of nitrogens with zero attached hydrogens (tertiary/aromatic N) is 1. The molecule has 102 valence electrons. The molecule has 2 rings (SSSR count). The van der Waals surface area contributed by atoms with Crippen LogP contribution in [0.5, 0.6) is 0 Å². The lowest BCUT2D eigenvalue weighted by Gasteiger charge is -2.20. The molecule has 1 heterocycles.